The highest BCUT2D eigenvalue weighted by Crippen LogP contribution is 2.52. The lowest BCUT2D eigenvalue weighted by Gasteiger charge is -2.37. The van der Waals surface area contributed by atoms with Gasteiger partial charge in [-0.2, -0.15) is 0 Å². The van der Waals surface area contributed by atoms with Crippen LogP contribution in [0.2, 0.25) is 0 Å². The van der Waals surface area contributed by atoms with Crippen LogP contribution in [0.15, 0.2) is 0 Å². The van der Waals surface area contributed by atoms with Crippen LogP contribution >= 0.6 is 0 Å². The van der Waals surface area contributed by atoms with Crippen LogP contribution in [0.1, 0.15) is 33.6 Å². The number of fused-ring (bicyclic) bond motifs is 2. The maximum absolute atomic E-state index is 10.1. The predicted octanol–water partition coefficient (Wildman–Crippen LogP) is 0.891. The van der Waals surface area contributed by atoms with E-state index in [-0.39, 0.29) is 17.4 Å². The molecule has 13 heavy (non-hydrogen) atoms. The first kappa shape index (κ1) is 9.44. The van der Waals surface area contributed by atoms with Crippen molar-refractivity contribution in [2.24, 2.45) is 11.3 Å². The van der Waals surface area contributed by atoms with Gasteiger partial charge < -0.3 is 14.9 Å². The first-order valence-electron chi connectivity index (χ1n) is 4.93. The van der Waals surface area contributed by atoms with Gasteiger partial charge in [0.05, 0.1) is 12.2 Å². The number of rotatable bonds is 0. The fraction of sp³-hybridized carbons (Fsp3) is 1.00. The van der Waals surface area contributed by atoms with Crippen molar-refractivity contribution in [3.05, 3.63) is 0 Å². The van der Waals surface area contributed by atoms with E-state index in [1.807, 2.05) is 20.8 Å². The fourth-order valence-corrected chi connectivity index (χ4v) is 2.73. The average molecular weight is 186 g/mol. The summed E-state index contributed by atoms with van der Waals surface area (Å²) in [5, 5.41) is 19.9. The van der Waals surface area contributed by atoms with Gasteiger partial charge in [0, 0.05) is 12.3 Å². The molecule has 0 radical (unpaired) electrons. The molecule has 2 aliphatic rings. The standard InChI is InChI=1S/C10H18O3/c1-6-4-7(11)8-9(2,3)5-10(6,12)13-8/h6-8,11-12H,4-5H2,1-3H3. The van der Waals surface area contributed by atoms with Gasteiger partial charge in [0.25, 0.3) is 0 Å². The molecule has 3 nitrogen and oxygen atoms in total. The third-order valence-electron chi connectivity index (χ3n) is 3.52. The van der Waals surface area contributed by atoms with Gasteiger partial charge in [0.1, 0.15) is 0 Å². The van der Waals surface area contributed by atoms with Crippen LogP contribution in [0.25, 0.3) is 0 Å². The summed E-state index contributed by atoms with van der Waals surface area (Å²) in [5.41, 5.74) is -0.112. The smallest absolute Gasteiger partial charge is 0.169 e. The van der Waals surface area contributed by atoms with Crippen LogP contribution in [0.3, 0.4) is 0 Å². The number of hydrogen-bond donors (Lipinski definition) is 2. The highest BCUT2D eigenvalue weighted by molar-refractivity contribution is 5.02. The van der Waals surface area contributed by atoms with Crippen molar-refractivity contribution in [3.63, 3.8) is 0 Å². The maximum atomic E-state index is 10.1. The molecule has 2 aliphatic heterocycles. The molecule has 2 N–H and O–H groups in total. The second kappa shape index (κ2) is 2.47. The van der Waals surface area contributed by atoms with Crippen molar-refractivity contribution in [1.29, 1.82) is 0 Å². The first-order chi connectivity index (χ1) is 5.85. The van der Waals surface area contributed by atoms with Gasteiger partial charge in [-0.3, -0.25) is 0 Å². The molecule has 2 saturated heterocycles. The molecular formula is C10H18O3. The Morgan fingerprint density at radius 1 is 1.38 bits per heavy atom. The van der Waals surface area contributed by atoms with E-state index in [4.69, 9.17) is 4.74 Å². The van der Waals surface area contributed by atoms with Crippen molar-refractivity contribution in [1.82, 2.24) is 0 Å². The Kier molecular flexibility index (Phi) is 1.79. The molecule has 0 aromatic carbocycles. The van der Waals surface area contributed by atoms with E-state index in [0.717, 1.165) is 0 Å². The Balaban J connectivity index is 2.31. The van der Waals surface area contributed by atoms with Crippen molar-refractivity contribution in [2.75, 3.05) is 0 Å². The van der Waals surface area contributed by atoms with E-state index in [1.54, 1.807) is 0 Å². The summed E-state index contributed by atoms with van der Waals surface area (Å²) in [6.07, 6.45) is 0.648. The molecule has 0 aromatic heterocycles. The highest BCUT2D eigenvalue weighted by Gasteiger charge is 2.58. The monoisotopic (exact) mass is 186 g/mol. The topological polar surface area (TPSA) is 49.7 Å². The van der Waals surface area contributed by atoms with E-state index >= 15 is 0 Å². The minimum absolute atomic E-state index is 0.0283. The summed E-state index contributed by atoms with van der Waals surface area (Å²) in [4.78, 5) is 0. The molecule has 2 bridgehead atoms. The number of aliphatic hydroxyl groups is 2. The Morgan fingerprint density at radius 2 is 2.00 bits per heavy atom. The van der Waals surface area contributed by atoms with Crippen LogP contribution in [0.4, 0.5) is 0 Å². The Hall–Kier alpha value is -0.120. The highest BCUT2D eigenvalue weighted by atomic mass is 16.6. The molecule has 0 saturated carbocycles. The van der Waals surface area contributed by atoms with Crippen molar-refractivity contribution in [3.8, 4) is 0 Å². The van der Waals surface area contributed by atoms with Crippen LogP contribution in [-0.2, 0) is 4.74 Å². The van der Waals surface area contributed by atoms with Crippen molar-refractivity contribution >= 4 is 0 Å². The Bertz CT molecular complexity index is 226. The number of ether oxygens (including phenoxy) is 1. The first-order valence-corrected chi connectivity index (χ1v) is 4.93. The number of hydrogen-bond acceptors (Lipinski definition) is 3. The van der Waals surface area contributed by atoms with Gasteiger partial charge in [-0.05, 0) is 11.8 Å². The zero-order valence-corrected chi connectivity index (χ0v) is 8.45. The van der Waals surface area contributed by atoms with E-state index in [1.165, 1.54) is 0 Å². The lowest BCUT2D eigenvalue weighted by Crippen LogP contribution is -2.46. The normalized spacial score (nSPS) is 53.8. The summed E-state index contributed by atoms with van der Waals surface area (Å²) in [6.45, 7) is 6.01. The molecule has 0 aromatic rings. The van der Waals surface area contributed by atoms with Crippen molar-refractivity contribution in [2.45, 2.75) is 51.6 Å². The van der Waals surface area contributed by atoms with E-state index in [0.29, 0.717) is 12.8 Å². The Labute approximate surface area is 78.7 Å². The van der Waals surface area contributed by atoms with Gasteiger partial charge in [-0.25, -0.2) is 0 Å². The average Bonchev–Trinajstić information content (AvgIpc) is 2.17. The van der Waals surface area contributed by atoms with E-state index in [9.17, 15) is 10.2 Å². The summed E-state index contributed by atoms with van der Waals surface area (Å²) in [7, 11) is 0. The third kappa shape index (κ3) is 1.22. The molecular weight excluding hydrogens is 168 g/mol. The Morgan fingerprint density at radius 3 is 2.62 bits per heavy atom. The quantitative estimate of drug-likeness (QED) is 0.590. The minimum atomic E-state index is -0.993. The molecule has 2 rings (SSSR count). The predicted molar refractivity (Wildman–Crippen MR) is 48.0 cm³/mol. The summed E-state index contributed by atoms with van der Waals surface area (Å²) in [5.74, 6) is -0.964. The molecule has 76 valence electrons. The molecule has 4 atom stereocenters. The molecule has 0 aliphatic carbocycles. The minimum Gasteiger partial charge on any atom is -0.390 e. The second-order valence-electron chi connectivity index (χ2n) is 5.25. The van der Waals surface area contributed by atoms with Crippen LogP contribution in [0.5, 0.6) is 0 Å². The molecule has 0 spiro atoms. The van der Waals surface area contributed by atoms with Gasteiger partial charge >= 0.3 is 0 Å². The molecule has 2 fully saturated rings. The fourth-order valence-electron chi connectivity index (χ4n) is 2.73. The molecule has 4 unspecified atom stereocenters. The number of aliphatic hydroxyl groups excluding tert-OH is 1. The SMILES string of the molecule is CC1CC(O)C2OC1(O)CC2(C)C. The van der Waals surface area contributed by atoms with Crippen LogP contribution in [0, 0.1) is 11.3 Å². The lowest BCUT2D eigenvalue weighted by atomic mass is 9.83. The zero-order valence-electron chi connectivity index (χ0n) is 8.45. The van der Waals surface area contributed by atoms with E-state index in [2.05, 4.69) is 0 Å². The summed E-state index contributed by atoms with van der Waals surface area (Å²) in [6, 6.07) is 0. The summed E-state index contributed by atoms with van der Waals surface area (Å²) < 4.78 is 5.53. The lowest BCUT2D eigenvalue weighted by molar-refractivity contribution is -0.267. The van der Waals surface area contributed by atoms with Gasteiger partial charge in [-0.1, -0.05) is 20.8 Å². The maximum Gasteiger partial charge on any atom is 0.169 e. The third-order valence-corrected chi connectivity index (χ3v) is 3.52. The summed E-state index contributed by atoms with van der Waals surface area (Å²) >= 11 is 0. The van der Waals surface area contributed by atoms with Crippen LogP contribution in [-0.4, -0.2) is 28.2 Å². The van der Waals surface area contributed by atoms with Gasteiger partial charge in [0.15, 0.2) is 5.79 Å². The van der Waals surface area contributed by atoms with Gasteiger partial charge in [-0.15, -0.1) is 0 Å². The molecule has 3 heteroatoms. The largest absolute Gasteiger partial charge is 0.390 e. The zero-order chi connectivity index (χ0) is 9.85. The van der Waals surface area contributed by atoms with Crippen LogP contribution < -0.4 is 0 Å². The van der Waals surface area contributed by atoms with Crippen molar-refractivity contribution < 1.29 is 14.9 Å². The molecule has 2 heterocycles. The molecule has 0 amide bonds. The van der Waals surface area contributed by atoms with Gasteiger partial charge in [0.2, 0.25) is 0 Å². The van der Waals surface area contributed by atoms with E-state index < -0.39 is 11.9 Å². The second-order valence-corrected chi connectivity index (χ2v) is 5.25.